The Morgan fingerprint density at radius 1 is 1.15 bits per heavy atom. The summed E-state index contributed by atoms with van der Waals surface area (Å²) in [5.74, 6) is 1.76. The minimum atomic E-state index is -2.99. The van der Waals surface area contributed by atoms with E-state index in [9.17, 15) is 18.3 Å². The third-order valence-electron chi connectivity index (χ3n) is 7.24. The molecule has 0 fully saturated rings. The van der Waals surface area contributed by atoms with Gasteiger partial charge in [-0.05, 0) is 90.8 Å². The number of aliphatic carboxylic acids is 1. The molecule has 2 atom stereocenters. The number of ether oxygens (including phenoxy) is 2. The average Bonchev–Trinajstić information content (AvgIpc) is 3.28. The minimum Gasteiger partial charge on any atom is -0.494 e. The maximum atomic E-state index is 11.4. The molecule has 2 aromatic carbocycles. The fraction of sp³-hybridized carbons (Fsp3) is 0.406. The number of rotatable bonds is 10. The largest absolute Gasteiger partial charge is 0.494 e. The smallest absolute Gasteiger partial charge is 0.303 e. The van der Waals surface area contributed by atoms with Crippen LogP contribution in [0.2, 0.25) is 0 Å². The number of carbonyl (C=O) groups is 1. The van der Waals surface area contributed by atoms with Crippen LogP contribution in [0, 0.1) is 13.8 Å². The number of fused-ring (bicyclic) bond motifs is 1. The van der Waals surface area contributed by atoms with Gasteiger partial charge in [0.25, 0.3) is 0 Å². The van der Waals surface area contributed by atoms with E-state index in [1.807, 2.05) is 30.3 Å². The predicted molar refractivity (Wildman–Crippen MR) is 162 cm³/mol. The highest BCUT2D eigenvalue weighted by Crippen LogP contribution is 2.43. The lowest BCUT2D eigenvalue weighted by Gasteiger charge is -2.21. The van der Waals surface area contributed by atoms with E-state index in [2.05, 4.69) is 38.7 Å². The van der Waals surface area contributed by atoms with E-state index >= 15 is 0 Å². The van der Waals surface area contributed by atoms with Gasteiger partial charge in [0, 0.05) is 29.2 Å². The monoisotopic (exact) mass is 582 g/mol. The van der Waals surface area contributed by atoms with Gasteiger partial charge in [-0.3, -0.25) is 4.79 Å². The molecule has 1 aliphatic heterocycles. The molecule has 0 aromatic heterocycles. The topological polar surface area (TPSA) is 89.9 Å². The zero-order valence-electron chi connectivity index (χ0n) is 23.4. The van der Waals surface area contributed by atoms with Gasteiger partial charge in [0.05, 0.1) is 18.8 Å². The Morgan fingerprint density at radius 3 is 2.60 bits per heavy atom. The van der Waals surface area contributed by atoms with Crippen LogP contribution in [0.15, 0.2) is 65.6 Å². The SMILES string of the molecule is C=C1CC[C@@H](Oc2ccc3c(c2)SC[C@H]3CC(=O)O)C/C=C\C=C/1c1c(C)cc(OCCCS(C)(=O)=O)cc1C. The van der Waals surface area contributed by atoms with E-state index in [-0.39, 0.29) is 24.2 Å². The van der Waals surface area contributed by atoms with Gasteiger partial charge in [-0.25, -0.2) is 8.42 Å². The first-order chi connectivity index (χ1) is 19.0. The quantitative estimate of drug-likeness (QED) is 0.305. The molecule has 0 saturated carbocycles. The molecule has 2 aromatic rings. The fourth-order valence-corrected chi connectivity index (χ4v) is 7.23. The van der Waals surface area contributed by atoms with Crippen molar-refractivity contribution < 1.29 is 27.8 Å². The number of carboxylic acids is 1. The Hall–Kier alpha value is -2.97. The summed E-state index contributed by atoms with van der Waals surface area (Å²) >= 11 is 1.70. The lowest BCUT2D eigenvalue weighted by atomic mass is 9.89. The van der Waals surface area contributed by atoms with Crippen molar-refractivity contribution in [3.8, 4) is 11.5 Å². The molecule has 0 bridgehead atoms. The molecular weight excluding hydrogens is 544 g/mol. The van der Waals surface area contributed by atoms with Gasteiger partial charge in [-0.15, -0.1) is 11.8 Å². The van der Waals surface area contributed by atoms with Crippen molar-refractivity contribution in [3.63, 3.8) is 0 Å². The third-order valence-corrected chi connectivity index (χ3v) is 9.50. The first-order valence-corrected chi connectivity index (χ1v) is 16.7. The molecule has 4 rings (SSSR count). The first kappa shape index (κ1) is 30.0. The van der Waals surface area contributed by atoms with E-state index in [0.29, 0.717) is 13.0 Å². The van der Waals surface area contributed by atoms with Crippen LogP contribution in [0.5, 0.6) is 11.5 Å². The van der Waals surface area contributed by atoms with E-state index in [4.69, 9.17) is 9.47 Å². The summed E-state index contributed by atoms with van der Waals surface area (Å²) in [6.07, 6.45) is 10.6. The lowest BCUT2D eigenvalue weighted by Crippen LogP contribution is -2.16. The Balaban J connectivity index is 1.40. The molecular formula is C32H38O6S2. The number of carboxylic acid groups (broad SMARTS) is 1. The third kappa shape index (κ3) is 8.04. The molecule has 0 spiro atoms. The standard InChI is InChI=1S/C32H38O6S2/c1-21-10-11-25(38-26-12-13-29-24(18-31(33)34)20-39-30(29)19-26)8-5-6-9-28(21)32-22(2)16-27(17-23(32)3)37-14-7-15-40(4,35)36/h5-6,9,12-13,16-17,19,24-25H,1,7-8,10-11,14-15,18,20H2,2-4H3,(H,33,34)/b6-5-,28-9+/t24-,25+/m1/s1. The molecule has 0 radical (unpaired) electrons. The van der Waals surface area contributed by atoms with E-state index < -0.39 is 15.8 Å². The normalized spacial score (nSPS) is 21.4. The first-order valence-electron chi connectivity index (χ1n) is 13.6. The number of hydrogen-bond donors (Lipinski definition) is 1. The number of aryl methyl sites for hydroxylation is 2. The Bertz CT molecular complexity index is 1410. The van der Waals surface area contributed by atoms with Crippen molar-refractivity contribution in [3.05, 3.63) is 83.0 Å². The summed E-state index contributed by atoms with van der Waals surface area (Å²) < 4.78 is 35.0. The maximum Gasteiger partial charge on any atom is 0.303 e. The molecule has 2 aliphatic rings. The number of sulfone groups is 1. The number of allylic oxidation sites excluding steroid dienone is 4. The minimum absolute atomic E-state index is 0.00456. The molecule has 1 N–H and O–H groups in total. The van der Waals surface area contributed by atoms with Crippen LogP contribution < -0.4 is 9.47 Å². The second-order valence-corrected chi connectivity index (χ2v) is 14.0. The Morgan fingerprint density at radius 2 is 1.90 bits per heavy atom. The Labute approximate surface area is 242 Å². The molecule has 214 valence electrons. The van der Waals surface area contributed by atoms with Gasteiger partial charge in [0.15, 0.2) is 0 Å². The van der Waals surface area contributed by atoms with Crippen molar-refractivity contribution in [2.24, 2.45) is 0 Å². The van der Waals surface area contributed by atoms with Gasteiger partial charge in [0.1, 0.15) is 27.4 Å². The molecule has 1 heterocycles. The van der Waals surface area contributed by atoms with Crippen molar-refractivity contribution >= 4 is 33.1 Å². The van der Waals surface area contributed by atoms with E-state index in [0.717, 1.165) is 74.8 Å². The average molecular weight is 583 g/mol. The van der Waals surface area contributed by atoms with Crippen LogP contribution in [-0.4, -0.2) is 50.0 Å². The summed E-state index contributed by atoms with van der Waals surface area (Å²) in [6, 6.07) is 10.0. The van der Waals surface area contributed by atoms with E-state index in [1.165, 1.54) is 6.26 Å². The molecule has 0 saturated heterocycles. The number of hydrogen-bond acceptors (Lipinski definition) is 6. The van der Waals surface area contributed by atoms with Gasteiger partial charge >= 0.3 is 5.97 Å². The zero-order chi connectivity index (χ0) is 28.9. The molecule has 0 unspecified atom stereocenters. The van der Waals surface area contributed by atoms with Crippen molar-refractivity contribution in [1.82, 2.24) is 0 Å². The van der Waals surface area contributed by atoms with Crippen LogP contribution in [0.1, 0.15) is 60.3 Å². The van der Waals surface area contributed by atoms with Crippen molar-refractivity contribution in [1.29, 1.82) is 0 Å². The van der Waals surface area contributed by atoms with Crippen LogP contribution in [0.4, 0.5) is 0 Å². The van der Waals surface area contributed by atoms with E-state index in [1.54, 1.807) is 11.8 Å². The van der Waals surface area contributed by atoms with Gasteiger partial charge < -0.3 is 14.6 Å². The second kappa shape index (κ2) is 13.1. The number of benzene rings is 2. The van der Waals surface area contributed by atoms with Crippen molar-refractivity contribution in [2.75, 3.05) is 24.4 Å². The van der Waals surface area contributed by atoms with Gasteiger partial charge in [-0.1, -0.05) is 30.9 Å². The van der Waals surface area contributed by atoms with Crippen molar-refractivity contribution in [2.45, 2.75) is 62.9 Å². The van der Waals surface area contributed by atoms with Crippen LogP contribution in [0.3, 0.4) is 0 Å². The molecule has 1 aliphatic carbocycles. The highest BCUT2D eigenvalue weighted by molar-refractivity contribution is 7.99. The number of thioether (sulfide) groups is 1. The summed E-state index contributed by atoms with van der Waals surface area (Å²) in [4.78, 5) is 12.3. The van der Waals surface area contributed by atoms with Gasteiger partial charge in [0.2, 0.25) is 0 Å². The lowest BCUT2D eigenvalue weighted by molar-refractivity contribution is -0.137. The second-order valence-electron chi connectivity index (χ2n) is 10.7. The van der Waals surface area contributed by atoms with Crippen LogP contribution in [0.25, 0.3) is 5.57 Å². The molecule has 8 heteroatoms. The maximum absolute atomic E-state index is 11.4. The Kier molecular flexibility index (Phi) is 9.85. The van der Waals surface area contributed by atoms with Crippen LogP contribution in [-0.2, 0) is 14.6 Å². The summed E-state index contributed by atoms with van der Waals surface area (Å²) in [7, 11) is -2.99. The highest BCUT2D eigenvalue weighted by Gasteiger charge is 2.26. The molecule has 0 amide bonds. The summed E-state index contributed by atoms with van der Waals surface area (Å²) in [5.41, 5.74) is 6.57. The predicted octanol–water partition coefficient (Wildman–Crippen LogP) is 6.91. The highest BCUT2D eigenvalue weighted by atomic mass is 32.2. The summed E-state index contributed by atoms with van der Waals surface area (Å²) in [6.45, 7) is 8.91. The zero-order valence-corrected chi connectivity index (χ0v) is 25.1. The van der Waals surface area contributed by atoms with Gasteiger partial charge in [-0.2, -0.15) is 0 Å². The molecule has 6 nitrogen and oxygen atoms in total. The van der Waals surface area contributed by atoms with Crippen LogP contribution >= 0.6 is 11.8 Å². The summed E-state index contributed by atoms with van der Waals surface area (Å²) in [5, 5.41) is 9.19. The molecule has 40 heavy (non-hydrogen) atoms. The fourth-order valence-electron chi connectivity index (χ4n) is 5.31.